The summed E-state index contributed by atoms with van der Waals surface area (Å²) in [7, 11) is 0. The lowest BCUT2D eigenvalue weighted by Gasteiger charge is -1.85. The average molecular weight is 145 g/mol. The van der Waals surface area contributed by atoms with Crippen molar-refractivity contribution in [1.29, 1.82) is 0 Å². The number of hydrogen-bond acceptors (Lipinski definition) is 3. The van der Waals surface area contributed by atoms with Crippen LogP contribution in [0.15, 0.2) is 0 Å². The van der Waals surface area contributed by atoms with Crippen LogP contribution in [0.3, 0.4) is 0 Å². The summed E-state index contributed by atoms with van der Waals surface area (Å²) in [4.78, 5) is 0. The van der Waals surface area contributed by atoms with E-state index in [1.807, 2.05) is 0 Å². The quantitative estimate of drug-likeness (QED) is 0.639. The van der Waals surface area contributed by atoms with E-state index in [1.165, 1.54) is 11.3 Å². The molecule has 1 radical (unpaired) electrons. The SMILES string of the molecule is FCCCc1nn[c]s1. The molecule has 49 valence electrons. The summed E-state index contributed by atoms with van der Waals surface area (Å²) in [6.45, 7) is -0.278. The molecular weight excluding hydrogens is 139 g/mol. The van der Waals surface area contributed by atoms with Gasteiger partial charge in [-0.3, -0.25) is 4.39 Å². The molecule has 0 saturated heterocycles. The van der Waals surface area contributed by atoms with Crippen molar-refractivity contribution in [2.45, 2.75) is 12.8 Å². The van der Waals surface area contributed by atoms with E-state index in [9.17, 15) is 4.39 Å². The van der Waals surface area contributed by atoms with Gasteiger partial charge in [0.25, 0.3) is 0 Å². The monoisotopic (exact) mass is 145 g/mol. The highest BCUT2D eigenvalue weighted by Crippen LogP contribution is 2.03. The Kier molecular flexibility index (Phi) is 2.57. The Morgan fingerprint density at radius 3 is 3.11 bits per heavy atom. The molecule has 0 aromatic carbocycles. The molecule has 1 rings (SSSR count). The number of aromatic nitrogens is 2. The molecule has 2 nitrogen and oxygen atoms in total. The van der Waals surface area contributed by atoms with Gasteiger partial charge in [-0.25, -0.2) is 0 Å². The predicted molar refractivity (Wildman–Crippen MR) is 33.0 cm³/mol. The van der Waals surface area contributed by atoms with E-state index >= 15 is 0 Å². The van der Waals surface area contributed by atoms with E-state index in [0.29, 0.717) is 12.8 Å². The Morgan fingerprint density at radius 2 is 2.56 bits per heavy atom. The number of alkyl halides is 1. The molecule has 0 amide bonds. The van der Waals surface area contributed by atoms with Gasteiger partial charge in [-0.05, 0) is 6.42 Å². The van der Waals surface area contributed by atoms with Crippen LogP contribution in [-0.4, -0.2) is 16.9 Å². The zero-order valence-electron chi connectivity index (χ0n) is 4.80. The summed E-state index contributed by atoms with van der Waals surface area (Å²) in [5.74, 6) is 0. The lowest BCUT2D eigenvalue weighted by atomic mass is 10.3. The third kappa shape index (κ3) is 2.05. The van der Waals surface area contributed by atoms with Gasteiger partial charge in [0.1, 0.15) is 5.01 Å². The van der Waals surface area contributed by atoms with E-state index in [0.717, 1.165) is 5.01 Å². The molecule has 1 aromatic rings. The van der Waals surface area contributed by atoms with Gasteiger partial charge in [0.05, 0.1) is 6.67 Å². The molecule has 1 aromatic heterocycles. The summed E-state index contributed by atoms with van der Waals surface area (Å²) in [6, 6.07) is 0. The molecule has 9 heavy (non-hydrogen) atoms. The van der Waals surface area contributed by atoms with Crippen molar-refractivity contribution in [3.63, 3.8) is 0 Å². The fraction of sp³-hybridized carbons (Fsp3) is 0.600. The zero-order valence-corrected chi connectivity index (χ0v) is 5.62. The van der Waals surface area contributed by atoms with Gasteiger partial charge >= 0.3 is 0 Å². The second kappa shape index (κ2) is 3.50. The Labute approximate surface area is 56.7 Å². The maximum absolute atomic E-state index is 11.5. The first-order valence-electron chi connectivity index (χ1n) is 2.68. The smallest absolute Gasteiger partial charge is 0.178 e. The van der Waals surface area contributed by atoms with E-state index in [1.54, 1.807) is 0 Å². The normalized spacial score (nSPS) is 9.89. The summed E-state index contributed by atoms with van der Waals surface area (Å²) in [6.07, 6.45) is 1.24. The van der Waals surface area contributed by atoms with Crippen molar-refractivity contribution >= 4 is 11.3 Å². The number of nitrogens with zero attached hydrogens (tertiary/aromatic N) is 2. The first-order chi connectivity index (χ1) is 4.43. The van der Waals surface area contributed by atoms with Gasteiger partial charge in [-0.15, -0.1) is 10.2 Å². The highest BCUT2D eigenvalue weighted by Gasteiger charge is 1.94. The van der Waals surface area contributed by atoms with Crippen LogP contribution >= 0.6 is 11.3 Å². The van der Waals surface area contributed by atoms with Crippen molar-refractivity contribution in [2.75, 3.05) is 6.67 Å². The third-order valence-electron chi connectivity index (χ3n) is 0.890. The van der Waals surface area contributed by atoms with E-state index < -0.39 is 0 Å². The highest BCUT2D eigenvalue weighted by molar-refractivity contribution is 7.08. The lowest BCUT2D eigenvalue weighted by Crippen LogP contribution is -1.84. The molecule has 0 N–H and O–H groups in total. The molecule has 0 fully saturated rings. The molecular formula is C5H6FN2S. The number of rotatable bonds is 3. The minimum atomic E-state index is -0.278. The van der Waals surface area contributed by atoms with E-state index in [-0.39, 0.29) is 6.67 Å². The fourth-order valence-electron chi connectivity index (χ4n) is 0.489. The standard InChI is InChI=1S/C5H6FN2S/c6-3-1-2-5-8-7-4-9-5/h1-3H2. The zero-order chi connectivity index (χ0) is 6.53. The van der Waals surface area contributed by atoms with Gasteiger partial charge in [0, 0.05) is 6.42 Å². The van der Waals surface area contributed by atoms with E-state index in [4.69, 9.17) is 0 Å². The van der Waals surface area contributed by atoms with Crippen LogP contribution in [0.25, 0.3) is 0 Å². The summed E-state index contributed by atoms with van der Waals surface area (Å²) >= 11 is 1.35. The minimum absolute atomic E-state index is 0.278. The molecule has 1 heterocycles. The van der Waals surface area contributed by atoms with Crippen molar-refractivity contribution in [2.24, 2.45) is 0 Å². The summed E-state index contributed by atoms with van der Waals surface area (Å²) < 4.78 is 11.5. The van der Waals surface area contributed by atoms with Crippen LogP contribution in [0.1, 0.15) is 11.4 Å². The molecule has 0 aliphatic heterocycles. The van der Waals surface area contributed by atoms with Crippen LogP contribution in [0.5, 0.6) is 0 Å². The molecule has 0 aliphatic rings. The Bertz CT molecular complexity index is 152. The van der Waals surface area contributed by atoms with Crippen LogP contribution in [0.4, 0.5) is 4.39 Å². The Balaban J connectivity index is 2.30. The highest BCUT2D eigenvalue weighted by atomic mass is 32.1. The van der Waals surface area contributed by atoms with Crippen molar-refractivity contribution < 1.29 is 4.39 Å². The van der Waals surface area contributed by atoms with Crippen LogP contribution in [0.2, 0.25) is 0 Å². The van der Waals surface area contributed by atoms with Gasteiger partial charge in [0.2, 0.25) is 0 Å². The van der Waals surface area contributed by atoms with Gasteiger partial charge in [-0.1, -0.05) is 11.3 Å². The predicted octanol–water partition coefficient (Wildman–Crippen LogP) is 1.24. The van der Waals surface area contributed by atoms with Crippen LogP contribution in [-0.2, 0) is 6.42 Å². The maximum Gasteiger partial charge on any atom is 0.178 e. The first kappa shape index (κ1) is 6.61. The largest absolute Gasteiger partial charge is 0.251 e. The Hall–Kier alpha value is -0.510. The van der Waals surface area contributed by atoms with Crippen LogP contribution < -0.4 is 0 Å². The molecule has 4 heteroatoms. The Morgan fingerprint density at radius 1 is 1.67 bits per heavy atom. The number of hydrogen-bond donors (Lipinski definition) is 0. The van der Waals surface area contributed by atoms with E-state index in [2.05, 4.69) is 15.7 Å². The topological polar surface area (TPSA) is 25.8 Å². The second-order valence-corrected chi connectivity index (χ2v) is 2.44. The van der Waals surface area contributed by atoms with Crippen molar-refractivity contribution in [3.05, 3.63) is 10.5 Å². The van der Waals surface area contributed by atoms with Crippen LogP contribution in [0, 0.1) is 5.51 Å². The molecule has 0 bridgehead atoms. The average Bonchev–Trinajstić information content (AvgIpc) is 2.34. The summed E-state index contributed by atoms with van der Waals surface area (Å²) in [5, 5.41) is 8.06. The minimum Gasteiger partial charge on any atom is -0.251 e. The molecule has 0 atom stereocenters. The van der Waals surface area contributed by atoms with Crippen molar-refractivity contribution in [3.8, 4) is 0 Å². The molecule has 0 unspecified atom stereocenters. The molecule has 0 spiro atoms. The number of halogens is 1. The number of aryl methyl sites for hydroxylation is 1. The van der Waals surface area contributed by atoms with Gasteiger partial charge in [-0.2, -0.15) is 0 Å². The summed E-state index contributed by atoms with van der Waals surface area (Å²) in [5.41, 5.74) is 2.60. The lowest BCUT2D eigenvalue weighted by molar-refractivity contribution is 0.472. The fourth-order valence-corrected chi connectivity index (χ4v) is 1.00. The first-order valence-corrected chi connectivity index (χ1v) is 3.49. The molecule has 0 saturated carbocycles. The van der Waals surface area contributed by atoms with Gasteiger partial charge < -0.3 is 0 Å². The maximum atomic E-state index is 11.5. The molecule has 0 aliphatic carbocycles. The second-order valence-electron chi connectivity index (χ2n) is 1.58. The van der Waals surface area contributed by atoms with Crippen molar-refractivity contribution in [1.82, 2.24) is 10.2 Å². The third-order valence-corrected chi connectivity index (χ3v) is 1.58. The van der Waals surface area contributed by atoms with Gasteiger partial charge in [0.15, 0.2) is 5.51 Å².